The maximum Gasteiger partial charge on any atom is 0.159 e. The molecule has 4 rings (SSSR count). The van der Waals surface area contributed by atoms with E-state index in [0.717, 1.165) is 30.3 Å². The van der Waals surface area contributed by atoms with Crippen LogP contribution in [0, 0.1) is 40.4 Å². The summed E-state index contributed by atoms with van der Waals surface area (Å²) in [7, 11) is 0. The van der Waals surface area contributed by atoms with E-state index < -0.39 is 34.2 Å². The van der Waals surface area contributed by atoms with Gasteiger partial charge in [-0.3, -0.25) is 4.79 Å². The highest BCUT2D eigenvalue weighted by atomic mass is 16.3. The van der Waals surface area contributed by atoms with E-state index in [-0.39, 0.29) is 48.4 Å². The number of ketones is 1. The average molecular weight is 561 g/mol. The molecule has 0 saturated heterocycles. The maximum atomic E-state index is 13.5. The highest BCUT2D eigenvalue weighted by Gasteiger charge is 2.67. The quantitative estimate of drug-likeness (QED) is 0.202. The third kappa shape index (κ3) is 4.98. The zero-order valence-corrected chi connectivity index (χ0v) is 25.1. The second-order valence-electron chi connectivity index (χ2n) is 14.4. The zero-order chi connectivity index (χ0) is 29.7. The van der Waals surface area contributed by atoms with Crippen molar-refractivity contribution >= 4 is 12.1 Å². The van der Waals surface area contributed by atoms with Gasteiger partial charge in [0.1, 0.15) is 6.29 Å². The third-order valence-corrected chi connectivity index (χ3v) is 12.1. The molecule has 5 N–H and O–H groups in total. The molecular weight excluding hydrogens is 508 g/mol. The molecule has 4 aliphatic carbocycles. The Morgan fingerprint density at radius 1 is 1.12 bits per heavy atom. The van der Waals surface area contributed by atoms with Crippen LogP contribution >= 0.6 is 0 Å². The molecule has 3 fully saturated rings. The molecule has 226 valence electrons. The van der Waals surface area contributed by atoms with Crippen LogP contribution < -0.4 is 0 Å². The lowest BCUT2D eigenvalue weighted by atomic mass is 9.45. The van der Waals surface area contributed by atoms with Crippen molar-refractivity contribution in [2.75, 3.05) is 6.61 Å². The van der Waals surface area contributed by atoms with Gasteiger partial charge in [-0.25, -0.2) is 0 Å². The molecule has 0 radical (unpaired) electrons. The number of hydrogen-bond donors (Lipinski definition) is 5. The van der Waals surface area contributed by atoms with Crippen molar-refractivity contribution in [3.8, 4) is 0 Å². The fourth-order valence-corrected chi connectivity index (χ4v) is 9.51. The third-order valence-electron chi connectivity index (χ3n) is 12.1. The normalized spacial score (nSPS) is 42.0. The number of carbonyl (C=O) groups is 2. The summed E-state index contributed by atoms with van der Waals surface area (Å²) < 4.78 is 0. The molecule has 10 atom stereocenters. The van der Waals surface area contributed by atoms with Crippen molar-refractivity contribution in [2.24, 2.45) is 40.4 Å². The SMILES string of the molecule is CC(C)C(=CCC=O)CC(O)(CCCO)C(C)C1CCC2(O)C3=CC(=O)C4CC(O)C(O)CC4(C)C3CCC12C. The van der Waals surface area contributed by atoms with Crippen molar-refractivity contribution in [3.05, 3.63) is 23.3 Å². The van der Waals surface area contributed by atoms with Crippen molar-refractivity contribution < 1.29 is 35.1 Å². The van der Waals surface area contributed by atoms with E-state index in [2.05, 4.69) is 34.6 Å². The molecule has 0 heterocycles. The number of rotatable bonds is 10. The molecule has 4 aliphatic rings. The van der Waals surface area contributed by atoms with Crippen LogP contribution in [0.15, 0.2) is 23.3 Å². The first kappa shape index (κ1) is 31.6. The second-order valence-corrected chi connectivity index (χ2v) is 14.4. The molecule has 7 heteroatoms. The molecule has 0 amide bonds. The van der Waals surface area contributed by atoms with Crippen molar-refractivity contribution in [1.29, 1.82) is 0 Å². The van der Waals surface area contributed by atoms with Crippen LogP contribution in [0.25, 0.3) is 0 Å². The summed E-state index contributed by atoms with van der Waals surface area (Å²) in [6.07, 6.45) is 7.59. The highest BCUT2D eigenvalue weighted by molar-refractivity contribution is 5.95. The van der Waals surface area contributed by atoms with Gasteiger partial charge in [0, 0.05) is 24.4 Å². The van der Waals surface area contributed by atoms with Crippen LogP contribution in [-0.2, 0) is 9.59 Å². The highest BCUT2D eigenvalue weighted by Crippen LogP contribution is 2.68. The Labute approximate surface area is 239 Å². The van der Waals surface area contributed by atoms with Gasteiger partial charge in [0.2, 0.25) is 0 Å². The average Bonchev–Trinajstić information content (AvgIpc) is 3.17. The van der Waals surface area contributed by atoms with Gasteiger partial charge in [-0.1, -0.05) is 46.3 Å². The number of hydrogen-bond acceptors (Lipinski definition) is 7. The minimum Gasteiger partial charge on any atom is -0.396 e. The topological polar surface area (TPSA) is 135 Å². The van der Waals surface area contributed by atoms with E-state index >= 15 is 0 Å². The Morgan fingerprint density at radius 2 is 1.82 bits per heavy atom. The Morgan fingerprint density at radius 3 is 2.45 bits per heavy atom. The lowest BCUT2D eigenvalue weighted by molar-refractivity contribution is -0.157. The number of allylic oxidation sites excluding steroid dienone is 2. The maximum absolute atomic E-state index is 13.5. The fourth-order valence-electron chi connectivity index (χ4n) is 9.51. The zero-order valence-electron chi connectivity index (χ0n) is 25.1. The first-order valence-electron chi connectivity index (χ1n) is 15.5. The molecule has 10 unspecified atom stereocenters. The summed E-state index contributed by atoms with van der Waals surface area (Å²) in [5.41, 5.74) is -1.56. The van der Waals surface area contributed by atoms with Gasteiger partial charge in [-0.15, -0.1) is 0 Å². The number of carbonyl (C=O) groups excluding carboxylic acids is 2. The Balaban J connectivity index is 1.69. The van der Waals surface area contributed by atoms with Crippen molar-refractivity contribution in [2.45, 2.75) is 122 Å². The lowest BCUT2D eigenvalue weighted by Gasteiger charge is -2.60. The van der Waals surface area contributed by atoms with Crippen LogP contribution in [0.1, 0.15) is 98.8 Å². The standard InChI is InChI=1S/C33H52O7/c1-20(2)22(8-6-14-34)18-32(39,11-7-15-35)21(3)23-10-13-33(40)25-16-27(36)26-17-28(37)29(38)19-30(26,4)24(25)9-12-31(23,33)5/h8,14,16,20-21,23-24,26,28-29,35,37-40H,6-7,9-13,15,17-19H2,1-5H3. The molecule has 3 saturated carbocycles. The lowest BCUT2D eigenvalue weighted by Crippen LogP contribution is -2.61. The van der Waals surface area contributed by atoms with Gasteiger partial charge in [0.05, 0.1) is 23.4 Å². The molecule has 0 aliphatic heterocycles. The molecule has 0 bridgehead atoms. The molecule has 7 nitrogen and oxygen atoms in total. The summed E-state index contributed by atoms with van der Waals surface area (Å²) in [5.74, 6) is -0.507. The molecule has 0 aromatic heterocycles. The smallest absolute Gasteiger partial charge is 0.159 e. The summed E-state index contributed by atoms with van der Waals surface area (Å²) >= 11 is 0. The molecule has 0 spiro atoms. The van der Waals surface area contributed by atoms with E-state index in [1.165, 1.54) is 0 Å². The van der Waals surface area contributed by atoms with E-state index in [1.54, 1.807) is 6.08 Å². The Hall–Kier alpha value is -1.38. The van der Waals surface area contributed by atoms with Crippen molar-refractivity contribution in [3.63, 3.8) is 0 Å². The van der Waals surface area contributed by atoms with E-state index in [0.29, 0.717) is 44.9 Å². The van der Waals surface area contributed by atoms with E-state index in [9.17, 15) is 35.1 Å². The van der Waals surface area contributed by atoms with Crippen LogP contribution in [-0.4, -0.2) is 67.6 Å². The van der Waals surface area contributed by atoms with Gasteiger partial charge in [-0.05, 0) is 98.5 Å². The summed E-state index contributed by atoms with van der Waals surface area (Å²) in [5, 5.41) is 55.4. The van der Waals surface area contributed by atoms with Crippen LogP contribution in [0.2, 0.25) is 0 Å². The van der Waals surface area contributed by atoms with Crippen molar-refractivity contribution in [1.82, 2.24) is 0 Å². The molecule has 40 heavy (non-hydrogen) atoms. The summed E-state index contributed by atoms with van der Waals surface area (Å²) in [6, 6.07) is 0. The van der Waals surface area contributed by atoms with Gasteiger partial charge in [-0.2, -0.15) is 0 Å². The molecule has 0 aromatic carbocycles. The van der Waals surface area contributed by atoms with Gasteiger partial charge >= 0.3 is 0 Å². The van der Waals surface area contributed by atoms with E-state index in [4.69, 9.17) is 0 Å². The van der Waals surface area contributed by atoms with Gasteiger partial charge in [0.25, 0.3) is 0 Å². The number of aldehydes is 1. The second kappa shape index (κ2) is 11.4. The first-order valence-corrected chi connectivity index (χ1v) is 15.5. The van der Waals surface area contributed by atoms with Crippen LogP contribution in [0.3, 0.4) is 0 Å². The van der Waals surface area contributed by atoms with Gasteiger partial charge in [0.15, 0.2) is 5.78 Å². The van der Waals surface area contributed by atoms with Crippen LogP contribution in [0.4, 0.5) is 0 Å². The van der Waals surface area contributed by atoms with Crippen LogP contribution in [0.5, 0.6) is 0 Å². The number of fused-ring (bicyclic) bond motifs is 5. The number of aliphatic hydroxyl groups is 5. The van der Waals surface area contributed by atoms with Gasteiger partial charge < -0.3 is 30.3 Å². The first-order chi connectivity index (χ1) is 18.7. The Kier molecular flexibility index (Phi) is 8.97. The molecule has 0 aromatic rings. The predicted molar refractivity (Wildman–Crippen MR) is 153 cm³/mol. The Bertz CT molecular complexity index is 1030. The van der Waals surface area contributed by atoms with E-state index in [1.807, 2.05) is 6.08 Å². The number of aliphatic hydroxyl groups excluding tert-OH is 3. The minimum atomic E-state index is -1.19. The molecular formula is C33H52O7. The monoisotopic (exact) mass is 560 g/mol. The largest absolute Gasteiger partial charge is 0.396 e. The predicted octanol–water partition coefficient (Wildman–Crippen LogP) is 3.89. The summed E-state index contributed by atoms with van der Waals surface area (Å²) in [6.45, 7) is 10.3. The summed E-state index contributed by atoms with van der Waals surface area (Å²) in [4.78, 5) is 24.6. The minimum absolute atomic E-state index is 0.0121. The fraction of sp³-hybridized carbons (Fsp3) is 0.818.